The van der Waals surface area contributed by atoms with Gasteiger partial charge in [0.15, 0.2) is 0 Å². The monoisotopic (exact) mass is 279 g/mol. The van der Waals surface area contributed by atoms with Crippen LogP contribution in [0.25, 0.3) is 11.1 Å². The maximum atomic E-state index is 13.9. The van der Waals surface area contributed by atoms with E-state index in [4.69, 9.17) is 5.26 Å². The van der Waals surface area contributed by atoms with Crippen molar-refractivity contribution in [2.24, 2.45) is 0 Å². The zero-order valence-corrected chi connectivity index (χ0v) is 10.2. The summed E-state index contributed by atoms with van der Waals surface area (Å²) in [5.74, 6) is -0.642. The summed E-state index contributed by atoms with van der Waals surface area (Å²) in [5, 5.41) is 8.53. The van der Waals surface area contributed by atoms with Crippen LogP contribution in [0.3, 0.4) is 0 Å². The zero-order chi connectivity index (χ0) is 14.8. The van der Waals surface area contributed by atoms with Crippen LogP contribution in [0.2, 0.25) is 0 Å². The molecule has 0 heterocycles. The van der Waals surface area contributed by atoms with E-state index >= 15 is 0 Å². The van der Waals surface area contributed by atoms with Crippen LogP contribution in [0.15, 0.2) is 42.5 Å². The normalized spacial score (nSPS) is 11.2. The Kier molecular flexibility index (Phi) is 3.75. The zero-order valence-electron chi connectivity index (χ0n) is 10.2. The lowest BCUT2D eigenvalue weighted by atomic mass is 10.0. The van der Waals surface area contributed by atoms with Crippen molar-refractivity contribution in [1.29, 1.82) is 5.26 Å². The Balaban J connectivity index is 2.45. The number of hydrogen-bond donors (Lipinski definition) is 0. The number of nitrogens with zero attached hydrogens (tertiary/aromatic N) is 1. The van der Waals surface area contributed by atoms with E-state index in [2.05, 4.69) is 0 Å². The molecule has 0 radical (unpaired) electrons. The molecule has 0 aromatic heterocycles. The van der Waals surface area contributed by atoms with Gasteiger partial charge in [0.05, 0.1) is 18.1 Å². The fourth-order valence-corrected chi connectivity index (χ4v) is 1.86. The number of hydrogen-bond acceptors (Lipinski definition) is 1. The largest absolute Gasteiger partial charge is 0.416 e. The molecule has 2 aromatic rings. The average Bonchev–Trinajstić information content (AvgIpc) is 2.38. The molecule has 0 saturated carbocycles. The first-order chi connectivity index (χ1) is 9.41. The number of nitriles is 1. The minimum Gasteiger partial charge on any atom is -0.206 e. The molecule has 20 heavy (non-hydrogen) atoms. The molecule has 1 nitrogen and oxygen atoms in total. The van der Waals surface area contributed by atoms with Gasteiger partial charge in [-0.15, -0.1) is 0 Å². The highest BCUT2D eigenvalue weighted by molar-refractivity contribution is 5.65. The Morgan fingerprint density at radius 2 is 1.80 bits per heavy atom. The Morgan fingerprint density at radius 1 is 1.05 bits per heavy atom. The van der Waals surface area contributed by atoms with E-state index < -0.39 is 17.6 Å². The highest BCUT2D eigenvalue weighted by Gasteiger charge is 2.30. The molecule has 0 fully saturated rings. The van der Waals surface area contributed by atoms with E-state index in [0.29, 0.717) is 5.56 Å². The number of benzene rings is 2. The summed E-state index contributed by atoms with van der Waals surface area (Å²) in [6, 6.07) is 10.5. The molecule has 5 heteroatoms. The lowest BCUT2D eigenvalue weighted by molar-refractivity contribution is -0.137. The van der Waals surface area contributed by atoms with Crippen molar-refractivity contribution in [2.75, 3.05) is 0 Å². The van der Waals surface area contributed by atoms with Crippen molar-refractivity contribution in [1.82, 2.24) is 0 Å². The molecule has 2 aromatic carbocycles. The molecule has 0 unspecified atom stereocenters. The Hall–Kier alpha value is -2.35. The summed E-state index contributed by atoms with van der Waals surface area (Å²) in [6.07, 6.45) is -4.41. The molecule has 0 atom stereocenters. The van der Waals surface area contributed by atoms with Crippen molar-refractivity contribution in [3.8, 4) is 17.2 Å². The summed E-state index contributed by atoms with van der Waals surface area (Å²) < 4.78 is 51.8. The average molecular weight is 279 g/mol. The summed E-state index contributed by atoms with van der Waals surface area (Å²) >= 11 is 0. The van der Waals surface area contributed by atoms with Gasteiger partial charge in [-0.2, -0.15) is 18.4 Å². The Bertz CT molecular complexity index is 668. The van der Waals surface area contributed by atoms with Crippen LogP contribution in [0.5, 0.6) is 0 Å². The van der Waals surface area contributed by atoms with Gasteiger partial charge in [-0.25, -0.2) is 4.39 Å². The van der Waals surface area contributed by atoms with E-state index in [1.54, 1.807) is 0 Å². The first-order valence-electron chi connectivity index (χ1n) is 5.75. The van der Waals surface area contributed by atoms with E-state index in [-0.39, 0.29) is 17.5 Å². The maximum Gasteiger partial charge on any atom is 0.416 e. The molecule has 0 saturated heterocycles. The Morgan fingerprint density at radius 3 is 2.40 bits per heavy atom. The van der Waals surface area contributed by atoms with Crippen LogP contribution in [0, 0.1) is 17.1 Å². The van der Waals surface area contributed by atoms with Gasteiger partial charge in [-0.05, 0) is 29.3 Å². The molecule has 0 aliphatic carbocycles. The highest BCUT2D eigenvalue weighted by atomic mass is 19.4. The second-order valence-corrected chi connectivity index (χ2v) is 4.23. The molecule has 2 rings (SSSR count). The van der Waals surface area contributed by atoms with Gasteiger partial charge < -0.3 is 0 Å². The third-order valence-corrected chi connectivity index (χ3v) is 2.82. The minimum atomic E-state index is -4.47. The van der Waals surface area contributed by atoms with Gasteiger partial charge in [0.2, 0.25) is 0 Å². The van der Waals surface area contributed by atoms with Crippen molar-refractivity contribution < 1.29 is 17.6 Å². The van der Waals surface area contributed by atoms with Crippen LogP contribution < -0.4 is 0 Å². The predicted molar refractivity (Wildman–Crippen MR) is 66.2 cm³/mol. The molecule has 0 spiro atoms. The second kappa shape index (κ2) is 5.33. The smallest absolute Gasteiger partial charge is 0.206 e. The number of halogens is 4. The highest BCUT2D eigenvalue weighted by Crippen LogP contribution is 2.33. The van der Waals surface area contributed by atoms with Crippen LogP contribution in [-0.2, 0) is 12.6 Å². The van der Waals surface area contributed by atoms with Gasteiger partial charge in [0, 0.05) is 5.56 Å². The van der Waals surface area contributed by atoms with Gasteiger partial charge >= 0.3 is 6.18 Å². The van der Waals surface area contributed by atoms with Crippen molar-refractivity contribution in [2.45, 2.75) is 12.6 Å². The van der Waals surface area contributed by atoms with Gasteiger partial charge in [-0.1, -0.05) is 24.3 Å². The fraction of sp³-hybridized carbons (Fsp3) is 0.133. The van der Waals surface area contributed by atoms with E-state index in [1.165, 1.54) is 30.3 Å². The third-order valence-electron chi connectivity index (χ3n) is 2.82. The lowest BCUT2D eigenvalue weighted by Gasteiger charge is -2.10. The van der Waals surface area contributed by atoms with Crippen molar-refractivity contribution in [3.63, 3.8) is 0 Å². The quantitative estimate of drug-likeness (QED) is 0.738. The van der Waals surface area contributed by atoms with Gasteiger partial charge in [0.1, 0.15) is 5.82 Å². The molecule has 0 N–H and O–H groups in total. The minimum absolute atomic E-state index is 0.0553. The van der Waals surface area contributed by atoms with E-state index in [0.717, 1.165) is 12.1 Å². The fourth-order valence-electron chi connectivity index (χ4n) is 1.86. The summed E-state index contributed by atoms with van der Waals surface area (Å²) in [7, 11) is 0. The third kappa shape index (κ3) is 2.97. The summed E-state index contributed by atoms with van der Waals surface area (Å²) in [4.78, 5) is 0. The molecule has 102 valence electrons. The SMILES string of the molecule is N#CCc1ccc(-c2cccc(C(F)(F)F)c2)c(F)c1. The maximum absolute atomic E-state index is 13.9. The lowest BCUT2D eigenvalue weighted by Crippen LogP contribution is -2.04. The van der Waals surface area contributed by atoms with E-state index in [1.807, 2.05) is 6.07 Å². The van der Waals surface area contributed by atoms with Gasteiger partial charge in [-0.3, -0.25) is 0 Å². The van der Waals surface area contributed by atoms with Crippen LogP contribution in [-0.4, -0.2) is 0 Å². The molecule has 0 amide bonds. The molecular weight excluding hydrogens is 270 g/mol. The Labute approximate surface area is 113 Å². The summed E-state index contributed by atoms with van der Waals surface area (Å²) in [5.41, 5.74) is -0.102. The summed E-state index contributed by atoms with van der Waals surface area (Å²) in [6.45, 7) is 0. The van der Waals surface area contributed by atoms with E-state index in [9.17, 15) is 17.6 Å². The molecule has 0 aliphatic heterocycles. The van der Waals surface area contributed by atoms with Crippen LogP contribution in [0.1, 0.15) is 11.1 Å². The number of rotatable bonds is 2. The predicted octanol–water partition coefficient (Wildman–Crippen LogP) is 4.58. The van der Waals surface area contributed by atoms with Crippen molar-refractivity contribution >= 4 is 0 Å². The molecule has 0 aliphatic rings. The topological polar surface area (TPSA) is 23.8 Å². The molecular formula is C15H9F4N. The molecule has 0 bridgehead atoms. The van der Waals surface area contributed by atoms with Crippen LogP contribution >= 0.6 is 0 Å². The standard InChI is InChI=1S/C15H9F4N/c16-14-8-10(6-7-20)4-5-13(14)11-2-1-3-12(9-11)15(17,18)19/h1-5,8-9H,6H2. The first-order valence-corrected chi connectivity index (χ1v) is 5.75. The number of alkyl halides is 3. The first kappa shape index (κ1) is 14.1. The second-order valence-electron chi connectivity index (χ2n) is 4.23. The van der Waals surface area contributed by atoms with Gasteiger partial charge in [0.25, 0.3) is 0 Å². The van der Waals surface area contributed by atoms with Crippen molar-refractivity contribution in [3.05, 3.63) is 59.4 Å². The van der Waals surface area contributed by atoms with Crippen LogP contribution in [0.4, 0.5) is 17.6 Å².